The lowest BCUT2D eigenvalue weighted by molar-refractivity contribution is -0.119. The van der Waals surface area contributed by atoms with Crippen molar-refractivity contribution in [3.8, 4) is 0 Å². The molecule has 1 fully saturated rings. The van der Waals surface area contributed by atoms with Gasteiger partial charge in [0.05, 0.1) is 0 Å². The molecule has 1 amide bonds. The average molecular weight is 368 g/mol. The Balaban J connectivity index is 1.87. The Morgan fingerprint density at radius 2 is 1.89 bits per heavy atom. The molecule has 0 radical (unpaired) electrons. The van der Waals surface area contributed by atoms with Crippen LogP contribution < -0.4 is 10.2 Å². The van der Waals surface area contributed by atoms with Crippen molar-refractivity contribution in [2.75, 3.05) is 18.0 Å². The number of rotatable bonds is 7. The zero-order chi connectivity index (χ0) is 19.1. The Morgan fingerprint density at radius 1 is 1.15 bits per heavy atom. The molecule has 0 aromatic heterocycles. The van der Waals surface area contributed by atoms with Crippen molar-refractivity contribution >= 4 is 11.6 Å². The fourth-order valence-corrected chi connectivity index (χ4v) is 4.09. The number of benzene rings is 2. The number of amides is 1. The van der Waals surface area contributed by atoms with E-state index in [1.165, 1.54) is 6.07 Å². The van der Waals surface area contributed by atoms with Gasteiger partial charge >= 0.3 is 0 Å². The van der Waals surface area contributed by atoms with E-state index in [4.69, 9.17) is 0 Å². The number of carbonyl (C=O) groups is 1. The molecule has 1 saturated heterocycles. The minimum atomic E-state index is -0.199. The maximum absolute atomic E-state index is 13.6. The highest BCUT2D eigenvalue weighted by Gasteiger charge is 2.31. The number of anilines is 1. The number of piperidine rings is 1. The monoisotopic (exact) mass is 368 g/mol. The molecule has 1 atom stereocenters. The lowest BCUT2D eigenvalue weighted by Gasteiger charge is -2.39. The first-order valence-electron chi connectivity index (χ1n) is 10.0. The fraction of sp³-hybridized carbons (Fsp3) is 0.435. The number of nitrogens with zero attached hydrogens (tertiary/aromatic N) is 1. The predicted molar refractivity (Wildman–Crippen MR) is 108 cm³/mol. The summed E-state index contributed by atoms with van der Waals surface area (Å²) >= 11 is 0. The summed E-state index contributed by atoms with van der Waals surface area (Å²) in [7, 11) is 0. The highest BCUT2D eigenvalue weighted by atomic mass is 19.1. The van der Waals surface area contributed by atoms with Crippen molar-refractivity contribution in [3.63, 3.8) is 0 Å². The molecule has 2 aromatic rings. The van der Waals surface area contributed by atoms with Crippen LogP contribution in [0.2, 0.25) is 0 Å². The van der Waals surface area contributed by atoms with E-state index in [-0.39, 0.29) is 17.8 Å². The first kappa shape index (κ1) is 19.6. The lowest BCUT2D eigenvalue weighted by Crippen LogP contribution is -2.48. The van der Waals surface area contributed by atoms with Crippen LogP contribution in [0.4, 0.5) is 10.1 Å². The Morgan fingerprint density at radius 3 is 2.56 bits per heavy atom. The van der Waals surface area contributed by atoms with Crippen LogP contribution in [0.5, 0.6) is 0 Å². The van der Waals surface area contributed by atoms with Crippen molar-refractivity contribution in [2.45, 2.75) is 45.1 Å². The predicted octanol–water partition coefficient (Wildman–Crippen LogP) is 4.57. The molecule has 1 heterocycles. The van der Waals surface area contributed by atoms with Crippen LogP contribution in [0.3, 0.4) is 0 Å². The van der Waals surface area contributed by atoms with Gasteiger partial charge in [0.25, 0.3) is 0 Å². The standard InChI is InChI=1S/C23H29FN2O/c1-2-23(27)26(21-9-4-3-5-10-21)22(19-13-15-25-16-14-19)12-11-18-7-6-8-20(24)17-18/h3-10,17,19,22,25H,2,11-16H2,1H3. The van der Waals surface area contributed by atoms with Crippen LogP contribution in [0.25, 0.3) is 0 Å². The maximum Gasteiger partial charge on any atom is 0.226 e. The summed E-state index contributed by atoms with van der Waals surface area (Å²) in [4.78, 5) is 14.9. The van der Waals surface area contributed by atoms with E-state index in [9.17, 15) is 9.18 Å². The molecule has 0 saturated carbocycles. The van der Waals surface area contributed by atoms with E-state index in [1.54, 1.807) is 12.1 Å². The smallest absolute Gasteiger partial charge is 0.226 e. The number of nitrogens with one attached hydrogen (secondary N) is 1. The number of hydrogen-bond acceptors (Lipinski definition) is 2. The summed E-state index contributed by atoms with van der Waals surface area (Å²) in [5.74, 6) is 0.412. The number of aryl methyl sites for hydroxylation is 1. The van der Waals surface area contributed by atoms with Gasteiger partial charge in [0, 0.05) is 18.2 Å². The minimum Gasteiger partial charge on any atom is -0.317 e. The van der Waals surface area contributed by atoms with E-state index in [2.05, 4.69) is 5.32 Å². The van der Waals surface area contributed by atoms with Crippen LogP contribution in [0, 0.1) is 11.7 Å². The highest BCUT2D eigenvalue weighted by Crippen LogP contribution is 2.30. The van der Waals surface area contributed by atoms with Gasteiger partial charge in [-0.2, -0.15) is 0 Å². The van der Waals surface area contributed by atoms with Crippen molar-refractivity contribution in [1.29, 1.82) is 0 Å². The number of halogens is 1. The van der Waals surface area contributed by atoms with Gasteiger partial charge in [0.2, 0.25) is 5.91 Å². The minimum absolute atomic E-state index is 0.130. The van der Waals surface area contributed by atoms with Crippen LogP contribution >= 0.6 is 0 Å². The van der Waals surface area contributed by atoms with E-state index in [0.29, 0.717) is 12.3 Å². The third-order valence-electron chi connectivity index (χ3n) is 5.48. The molecule has 1 aliphatic rings. The summed E-state index contributed by atoms with van der Waals surface area (Å²) in [5.41, 5.74) is 1.96. The maximum atomic E-state index is 13.6. The third kappa shape index (κ3) is 5.16. The fourth-order valence-electron chi connectivity index (χ4n) is 4.09. The molecule has 1 aliphatic heterocycles. The quantitative estimate of drug-likeness (QED) is 0.776. The molecule has 3 nitrogen and oxygen atoms in total. The topological polar surface area (TPSA) is 32.3 Å². The second kappa shape index (κ2) is 9.65. The van der Waals surface area contributed by atoms with Crippen LogP contribution in [0.15, 0.2) is 54.6 Å². The van der Waals surface area contributed by atoms with E-state index in [0.717, 1.165) is 50.0 Å². The second-order valence-corrected chi connectivity index (χ2v) is 7.28. The van der Waals surface area contributed by atoms with Gasteiger partial charge in [-0.3, -0.25) is 4.79 Å². The van der Waals surface area contributed by atoms with Crippen molar-refractivity contribution in [1.82, 2.24) is 5.32 Å². The Labute approximate surface area is 161 Å². The first-order chi connectivity index (χ1) is 13.2. The van der Waals surface area contributed by atoms with Crippen LogP contribution in [-0.4, -0.2) is 25.0 Å². The zero-order valence-corrected chi connectivity index (χ0v) is 16.0. The van der Waals surface area contributed by atoms with Crippen LogP contribution in [0.1, 0.15) is 38.2 Å². The summed E-state index contributed by atoms with van der Waals surface area (Å²) in [6.07, 6.45) is 4.22. The summed E-state index contributed by atoms with van der Waals surface area (Å²) in [6, 6.07) is 16.9. The molecule has 1 unspecified atom stereocenters. The van der Waals surface area contributed by atoms with E-state index >= 15 is 0 Å². The summed E-state index contributed by atoms with van der Waals surface area (Å²) in [6.45, 7) is 3.90. The summed E-state index contributed by atoms with van der Waals surface area (Å²) in [5, 5.41) is 3.42. The second-order valence-electron chi connectivity index (χ2n) is 7.28. The van der Waals surface area contributed by atoms with Crippen LogP contribution in [-0.2, 0) is 11.2 Å². The molecule has 3 rings (SSSR count). The molecule has 144 valence electrons. The average Bonchev–Trinajstić information content (AvgIpc) is 2.72. The number of carbonyl (C=O) groups excluding carboxylic acids is 1. The van der Waals surface area contributed by atoms with Crippen molar-refractivity contribution < 1.29 is 9.18 Å². The van der Waals surface area contributed by atoms with Gasteiger partial charge in [-0.1, -0.05) is 37.3 Å². The largest absolute Gasteiger partial charge is 0.317 e. The third-order valence-corrected chi connectivity index (χ3v) is 5.48. The summed E-state index contributed by atoms with van der Waals surface area (Å²) < 4.78 is 13.6. The molecule has 4 heteroatoms. The normalized spacial score (nSPS) is 16.1. The van der Waals surface area contributed by atoms with Gasteiger partial charge in [-0.15, -0.1) is 0 Å². The van der Waals surface area contributed by atoms with Crippen molar-refractivity contribution in [2.24, 2.45) is 5.92 Å². The van der Waals surface area contributed by atoms with Gasteiger partial charge in [0.15, 0.2) is 0 Å². The van der Waals surface area contributed by atoms with Gasteiger partial charge in [0.1, 0.15) is 5.82 Å². The Kier molecular flexibility index (Phi) is 6.99. The number of hydrogen-bond donors (Lipinski definition) is 1. The molecular weight excluding hydrogens is 339 g/mol. The molecular formula is C23H29FN2O. The van der Waals surface area contributed by atoms with E-state index in [1.807, 2.05) is 48.2 Å². The SMILES string of the molecule is CCC(=O)N(c1ccccc1)C(CCc1cccc(F)c1)C1CCNCC1. The Bertz CT molecular complexity index is 728. The molecule has 2 aromatic carbocycles. The molecule has 0 aliphatic carbocycles. The molecule has 1 N–H and O–H groups in total. The van der Waals surface area contributed by atoms with Gasteiger partial charge in [-0.05, 0) is 74.5 Å². The van der Waals surface area contributed by atoms with E-state index < -0.39 is 0 Å². The van der Waals surface area contributed by atoms with Crippen molar-refractivity contribution in [3.05, 3.63) is 66.0 Å². The Hall–Kier alpha value is -2.20. The lowest BCUT2D eigenvalue weighted by atomic mass is 9.85. The molecule has 0 bridgehead atoms. The first-order valence-corrected chi connectivity index (χ1v) is 10.0. The molecule has 27 heavy (non-hydrogen) atoms. The van der Waals surface area contributed by atoms with Gasteiger partial charge in [-0.25, -0.2) is 4.39 Å². The highest BCUT2D eigenvalue weighted by molar-refractivity contribution is 5.93. The van der Waals surface area contributed by atoms with Gasteiger partial charge < -0.3 is 10.2 Å². The molecule has 0 spiro atoms. The number of para-hydroxylation sites is 1. The zero-order valence-electron chi connectivity index (χ0n) is 16.0.